The lowest BCUT2D eigenvalue weighted by Crippen LogP contribution is -2.39. The SMILES string of the molecule is CCCC(C)C(=O)NC1CCCC1C#N. The van der Waals surface area contributed by atoms with Crippen LogP contribution in [0.25, 0.3) is 0 Å². The van der Waals surface area contributed by atoms with Gasteiger partial charge in [-0.15, -0.1) is 0 Å². The van der Waals surface area contributed by atoms with E-state index in [-0.39, 0.29) is 23.8 Å². The molecule has 1 amide bonds. The third kappa shape index (κ3) is 3.23. The molecule has 0 aromatic heterocycles. The van der Waals surface area contributed by atoms with Crippen LogP contribution in [0.1, 0.15) is 46.0 Å². The number of amides is 1. The van der Waals surface area contributed by atoms with Crippen molar-refractivity contribution < 1.29 is 4.79 Å². The minimum atomic E-state index is 0.0303. The predicted molar refractivity (Wildman–Crippen MR) is 59.0 cm³/mol. The molecule has 1 saturated carbocycles. The maximum absolute atomic E-state index is 11.7. The summed E-state index contributed by atoms with van der Waals surface area (Å²) in [7, 11) is 0. The summed E-state index contributed by atoms with van der Waals surface area (Å²) in [5.74, 6) is 0.224. The van der Waals surface area contributed by atoms with Crippen LogP contribution in [0.15, 0.2) is 0 Å². The Morgan fingerprint density at radius 1 is 1.60 bits per heavy atom. The van der Waals surface area contributed by atoms with E-state index in [1.807, 2.05) is 6.92 Å². The van der Waals surface area contributed by atoms with E-state index in [9.17, 15) is 4.79 Å². The van der Waals surface area contributed by atoms with Crippen molar-refractivity contribution in [3.05, 3.63) is 0 Å². The molecule has 0 bridgehead atoms. The first-order valence-electron chi connectivity index (χ1n) is 5.89. The van der Waals surface area contributed by atoms with E-state index < -0.39 is 0 Å². The number of carbonyl (C=O) groups excluding carboxylic acids is 1. The van der Waals surface area contributed by atoms with E-state index in [0.29, 0.717) is 0 Å². The summed E-state index contributed by atoms with van der Waals surface area (Å²) in [6.45, 7) is 4.03. The molecule has 3 heteroatoms. The maximum atomic E-state index is 11.7. The fourth-order valence-corrected chi connectivity index (χ4v) is 2.18. The Morgan fingerprint density at radius 2 is 2.33 bits per heavy atom. The molecule has 0 radical (unpaired) electrons. The van der Waals surface area contributed by atoms with Gasteiger partial charge in [-0.2, -0.15) is 5.26 Å². The number of hydrogen-bond donors (Lipinski definition) is 1. The Balaban J connectivity index is 2.41. The molecule has 1 rings (SSSR count). The smallest absolute Gasteiger partial charge is 0.223 e. The average molecular weight is 208 g/mol. The Bertz CT molecular complexity index is 257. The van der Waals surface area contributed by atoms with Gasteiger partial charge in [0.1, 0.15) is 0 Å². The van der Waals surface area contributed by atoms with Crippen molar-refractivity contribution in [1.82, 2.24) is 5.32 Å². The van der Waals surface area contributed by atoms with Crippen LogP contribution in [0.5, 0.6) is 0 Å². The predicted octanol–water partition coefficient (Wildman–Crippen LogP) is 2.23. The Kier molecular flexibility index (Phi) is 4.61. The van der Waals surface area contributed by atoms with Crippen LogP contribution in [-0.2, 0) is 4.79 Å². The molecule has 3 nitrogen and oxygen atoms in total. The molecule has 0 aliphatic heterocycles. The van der Waals surface area contributed by atoms with Crippen molar-refractivity contribution in [2.45, 2.75) is 52.0 Å². The van der Waals surface area contributed by atoms with Gasteiger partial charge in [-0.1, -0.05) is 20.3 Å². The Labute approximate surface area is 91.9 Å². The van der Waals surface area contributed by atoms with Crippen molar-refractivity contribution in [3.63, 3.8) is 0 Å². The van der Waals surface area contributed by atoms with E-state index >= 15 is 0 Å². The first-order chi connectivity index (χ1) is 7.19. The summed E-state index contributed by atoms with van der Waals surface area (Å²) < 4.78 is 0. The molecule has 1 fully saturated rings. The highest BCUT2D eigenvalue weighted by atomic mass is 16.1. The third-order valence-electron chi connectivity index (χ3n) is 3.18. The second-order valence-corrected chi connectivity index (χ2v) is 4.47. The van der Waals surface area contributed by atoms with E-state index in [4.69, 9.17) is 5.26 Å². The minimum absolute atomic E-state index is 0.0303. The Hall–Kier alpha value is -1.04. The highest BCUT2D eigenvalue weighted by Crippen LogP contribution is 2.25. The first kappa shape index (κ1) is 12.0. The molecule has 0 heterocycles. The van der Waals surface area contributed by atoms with Crippen LogP contribution in [0.2, 0.25) is 0 Å². The zero-order valence-corrected chi connectivity index (χ0v) is 9.62. The molecular weight excluding hydrogens is 188 g/mol. The number of nitrogens with zero attached hydrogens (tertiary/aromatic N) is 1. The van der Waals surface area contributed by atoms with E-state index in [1.165, 1.54) is 0 Å². The number of nitriles is 1. The summed E-state index contributed by atoms with van der Waals surface area (Å²) in [5.41, 5.74) is 0. The van der Waals surface area contributed by atoms with Crippen LogP contribution in [-0.4, -0.2) is 11.9 Å². The van der Waals surface area contributed by atoms with Crippen LogP contribution in [0.4, 0.5) is 0 Å². The van der Waals surface area contributed by atoms with Gasteiger partial charge in [-0.3, -0.25) is 4.79 Å². The van der Waals surface area contributed by atoms with Gasteiger partial charge in [0, 0.05) is 12.0 Å². The topological polar surface area (TPSA) is 52.9 Å². The van der Waals surface area contributed by atoms with E-state index in [2.05, 4.69) is 18.3 Å². The Morgan fingerprint density at radius 3 is 2.93 bits per heavy atom. The normalized spacial score (nSPS) is 27.0. The zero-order valence-electron chi connectivity index (χ0n) is 9.62. The molecule has 3 unspecified atom stereocenters. The monoisotopic (exact) mass is 208 g/mol. The van der Waals surface area contributed by atoms with Gasteiger partial charge in [0.25, 0.3) is 0 Å². The molecule has 84 valence electrons. The van der Waals surface area contributed by atoms with Gasteiger partial charge in [0.05, 0.1) is 12.0 Å². The number of hydrogen-bond acceptors (Lipinski definition) is 2. The fraction of sp³-hybridized carbons (Fsp3) is 0.833. The lowest BCUT2D eigenvalue weighted by Gasteiger charge is -2.18. The van der Waals surface area contributed by atoms with Crippen molar-refractivity contribution in [2.24, 2.45) is 11.8 Å². The summed E-state index contributed by atoms with van der Waals surface area (Å²) in [6.07, 6.45) is 4.91. The molecular formula is C12H20N2O. The summed E-state index contributed by atoms with van der Waals surface area (Å²) in [6, 6.07) is 2.37. The summed E-state index contributed by atoms with van der Waals surface area (Å²) in [4.78, 5) is 11.7. The highest BCUT2D eigenvalue weighted by Gasteiger charge is 2.29. The molecule has 15 heavy (non-hydrogen) atoms. The van der Waals surface area contributed by atoms with Gasteiger partial charge < -0.3 is 5.32 Å². The first-order valence-corrected chi connectivity index (χ1v) is 5.89. The third-order valence-corrected chi connectivity index (χ3v) is 3.18. The average Bonchev–Trinajstić information content (AvgIpc) is 2.65. The second-order valence-electron chi connectivity index (χ2n) is 4.47. The lowest BCUT2D eigenvalue weighted by molar-refractivity contribution is -0.125. The molecule has 0 saturated heterocycles. The number of rotatable bonds is 4. The van der Waals surface area contributed by atoms with Crippen molar-refractivity contribution in [3.8, 4) is 6.07 Å². The van der Waals surface area contributed by atoms with E-state index in [0.717, 1.165) is 32.1 Å². The van der Waals surface area contributed by atoms with Gasteiger partial charge in [0.15, 0.2) is 0 Å². The highest BCUT2D eigenvalue weighted by molar-refractivity contribution is 5.78. The van der Waals surface area contributed by atoms with Crippen molar-refractivity contribution in [2.75, 3.05) is 0 Å². The quantitative estimate of drug-likeness (QED) is 0.770. The molecule has 1 aliphatic rings. The van der Waals surface area contributed by atoms with Crippen LogP contribution < -0.4 is 5.32 Å². The van der Waals surface area contributed by atoms with Crippen LogP contribution in [0.3, 0.4) is 0 Å². The summed E-state index contributed by atoms with van der Waals surface area (Å²) in [5, 5.41) is 11.9. The fourth-order valence-electron chi connectivity index (χ4n) is 2.18. The van der Waals surface area contributed by atoms with Gasteiger partial charge in [0.2, 0.25) is 5.91 Å². The van der Waals surface area contributed by atoms with Crippen LogP contribution in [0, 0.1) is 23.2 Å². The number of nitrogens with one attached hydrogen (secondary N) is 1. The molecule has 1 N–H and O–H groups in total. The molecule has 3 atom stereocenters. The van der Waals surface area contributed by atoms with Gasteiger partial charge in [-0.25, -0.2) is 0 Å². The zero-order chi connectivity index (χ0) is 11.3. The van der Waals surface area contributed by atoms with E-state index in [1.54, 1.807) is 0 Å². The van der Waals surface area contributed by atoms with Crippen LogP contribution >= 0.6 is 0 Å². The molecule has 0 aromatic carbocycles. The summed E-state index contributed by atoms with van der Waals surface area (Å²) >= 11 is 0. The molecule has 0 spiro atoms. The minimum Gasteiger partial charge on any atom is -0.352 e. The number of carbonyl (C=O) groups is 1. The second kappa shape index (κ2) is 5.75. The van der Waals surface area contributed by atoms with Gasteiger partial charge in [-0.05, 0) is 25.7 Å². The largest absolute Gasteiger partial charge is 0.352 e. The standard InChI is InChI=1S/C12H20N2O/c1-3-5-9(2)12(15)14-11-7-4-6-10(11)8-13/h9-11H,3-7H2,1-2H3,(H,14,15). The lowest BCUT2D eigenvalue weighted by atomic mass is 10.0. The van der Waals surface area contributed by atoms with Crippen molar-refractivity contribution in [1.29, 1.82) is 5.26 Å². The molecule has 1 aliphatic carbocycles. The van der Waals surface area contributed by atoms with Crippen molar-refractivity contribution >= 4 is 5.91 Å². The van der Waals surface area contributed by atoms with Gasteiger partial charge >= 0.3 is 0 Å². The molecule has 0 aromatic rings. The maximum Gasteiger partial charge on any atom is 0.223 e.